The number of rotatable bonds is 6. The van der Waals surface area contributed by atoms with Gasteiger partial charge in [-0.3, -0.25) is 9.59 Å². The Morgan fingerprint density at radius 3 is 2.06 bits per heavy atom. The molecule has 0 saturated carbocycles. The first kappa shape index (κ1) is 23.7. The molecule has 0 unspecified atom stereocenters. The van der Waals surface area contributed by atoms with Crippen LogP contribution in [0, 0.1) is 11.6 Å². The number of carbonyl (C=O) groups excluding carboxylic acids is 2. The molecule has 2 amide bonds. The third-order valence-corrected chi connectivity index (χ3v) is 6.76. The number of amides is 2. The number of halogens is 2. The van der Waals surface area contributed by atoms with Gasteiger partial charge in [0.05, 0.1) is 0 Å². The van der Waals surface area contributed by atoms with E-state index in [0.717, 1.165) is 22.0 Å². The smallest absolute Gasteiger partial charge is 0.253 e. The van der Waals surface area contributed by atoms with Crippen LogP contribution >= 0.6 is 0 Å². The van der Waals surface area contributed by atoms with Crippen molar-refractivity contribution in [3.05, 3.63) is 107 Å². The molecule has 3 aromatic carbocycles. The van der Waals surface area contributed by atoms with Crippen molar-refractivity contribution < 1.29 is 18.4 Å². The van der Waals surface area contributed by atoms with Crippen molar-refractivity contribution in [1.29, 1.82) is 0 Å². The summed E-state index contributed by atoms with van der Waals surface area (Å²) in [6.07, 6.45) is 3.08. The lowest BCUT2D eigenvalue weighted by atomic mass is 10.1. The second-order valence-electron chi connectivity index (χ2n) is 9.11. The largest absolute Gasteiger partial charge is 0.343 e. The first-order valence-electron chi connectivity index (χ1n) is 12.1. The zero-order valence-electron chi connectivity index (χ0n) is 19.9. The minimum Gasteiger partial charge on any atom is -0.343 e. The van der Waals surface area contributed by atoms with Crippen molar-refractivity contribution in [2.45, 2.75) is 19.4 Å². The number of benzene rings is 3. The van der Waals surface area contributed by atoms with E-state index in [1.54, 1.807) is 17.0 Å². The number of hydrogen-bond acceptors (Lipinski definition) is 2. The van der Waals surface area contributed by atoms with E-state index in [0.29, 0.717) is 51.1 Å². The Morgan fingerprint density at radius 1 is 0.750 bits per heavy atom. The van der Waals surface area contributed by atoms with Crippen LogP contribution in [-0.4, -0.2) is 52.4 Å². The summed E-state index contributed by atoms with van der Waals surface area (Å²) in [7, 11) is 0. The van der Waals surface area contributed by atoms with Gasteiger partial charge in [-0.15, -0.1) is 0 Å². The molecule has 184 valence electrons. The minimum absolute atomic E-state index is 0.0687. The van der Waals surface area contributed by atoms with Crippen molar-refractivity contribution in [2.75, 3.05) is 26.2 Å². The lowest BCUT2D eigenvalue weighted by Gasteiger charge is -2.35. The van der Waals surface area contributed by atoms with E-state index < -0.39 is 0 Å². The van der Waals surface area contributed by atoms with Crippen LogP contribution in [0.4, 0.5) is 8.78 Å². The fourth-order valence-electron chi connectivity index (χ4n) is 4.77. The molecule has 2 heterocycles. The Labute approximate surface area is 208 Å². The van der Waals surface area contributed by atoms with E-state index in [1.807, 2.05) is 17.0 Å². The summed E-state index contributed by atoms with van der Waals surface area (Å²) in [5.74, 6) is -0.702. The van der Waals surface area contributed by atoms with Crippen LogP contribution in [-0.2, 0) is 17.8 Å². The average Bonchev–Trinajstić information content (AvgIpc) is 3.26. The Morgan fingerprint density at radius 2 is 1.36 bits per heavy atom. The van der Waals surface area contributed by atoms with Crippen molar-refractivity contribution in [2.24, 2.45) is 0 Å². The van der Waals surface area contributed by atoms with Gasteiger partial charge in [-0.2, -0.15) is 0 Å². The van der Waals surface area contributed by atoms with Crippen LogP contribution in [0.5, 0.6) is 0 Å². The topological polar surface area (TPSA) is 45.6 Å². The third kappa shape index (κ3) is 5.15. The highest BCUT2D eigenvalue weighted by Gasteiger charge is 2.25. The van der Waals surface area contributed by atoms with Crippen molar-refractivity contribution in [3.8, 4) is 0 Å². The molecule has 36 heavy (non-hydrogen) atoms. The molecule has 0 spiro atoms. The van der Waals surface area contributed by atoms with Gasteiger partial charge >= 0.3 is 0 Å². The van der Waals surface area contributed by atoms with Gasteiger partial charge in [0.2, 0.25) is 5.91 Å². The fraction of sp³-hybridized carbons (Fsp3) is 0.241. The van der Waals surface area contributed by atoms with Gasteiger partial charge in [0.1, 0.15) is 11.6 Å². The third-order valence-electron chi connectivity index (χ3n) is 6.76. The molecule has 5 nitrogen and oxygen atoms in total. The highest BCUT2D eigenvalue weighted by atomic mass is 19.1. The summed E-state index contributed by atoms with van der Waals surface area (Å²) in [5.41, 5.74) is 3.64. The first-order valence-corrected chi connectivity index (χ1v) is 12.1. The molecule has 1 aliphatic heterocycles. The van der Waals surface area contributed by atoms with E-state index in [2.05, 4.69) is 22.9 Å². The molecule has 4 aromatic rings. The number of piperazine rings is 1. The predicted octanol–water partition coefficient (Wildman–Crippen LogP) is 4.89. The Balaban J connectivity index is 1.20. The minimum atomic E-state index is -0.374. The van der Waals surface area contributed by atoms with Gasteiger partial charge < -0.3 is 14.4 Å². The molecule has 0 aliphatic carbocycles. The molecule has 7 heteroatoms. The van der Waals surface area contributed by atoms with Crippen LogP contribution in [0.3, 0.4) is 0 Å². The molecular weight excluding hydrogens is 460 g/mol. The second kappa shape index (κ2) is 10.3. The molecule has 0 bridgehead atoms. The second-order valence-corrected chi connectivity index (χ2v) is 9.11. The lowest BCUT2D eigenvalue weighted by Crippen LogP contribution is -2.50. The van der Waals surface area contributed by atoms with E-state index in [4.69, 9.17) is 0 Å². The lowest BCUT2D eigenvalue weighted by molar-refractivity contribution is -0.132. The van der Waals surface area contributed by atoms with Crippen molar-refractivity contribution in [3.63, 3.8) is 0 Å². The van der Waals surface area contributed by atoms with Gasteiger partial charge in [-0.1, -0.05) is 30.3 Å². The van der Waals surface area contributed by atoms with Crippen LogP contribution in [0.1, 0.15) is 27.9 Å². The van der Waals surface area contributed by atoms with Crippen LogP contribution in [0.25, 0.3) is 10.9 Å². The number of para-hydroxylation sites is 1. The summed E-state index contributed by atoms with van der Waals surface area (Å²) in [6, 6.07) is 20.1. The van der Waals surface area contributed by atoms with Crippen molar-refractivity contribution >= 4 is 22.7 Å². The fourth-order valence-corrected chi connectivity index (χ4v) is 4.77. The highest BCUT2D eigenvalue weighted by molar-refractivity contribution is 5.94. The zero-order chi connectivity index (χ0) is 25.1. The van der Waals surface area contributed by atoms with E-state index >= 15 is 0 Å². The number of fused-ring (bicyclic) bond motifs is 1. The maximum atomic E-state index is 13.3. The predicted molar refractivity (Wildman–Crippen MR) is 135 cm³/mol. The maximum Gasteiger partial charge on any atom is 0.253 e. The summed E-state index contributed by atoms with van der Waals surface area (Å²) < 4.78 is 28.6. The number of hydrogen-bond donors (Lipinski definition) is 0. The molecule has 1 fully saturated rings. The average molecular weight is 488 g/mol. The van der Waals surface area contributed by atoms with Crippen LogP contribution < -0.4 is 0 Å². The van der Waals surface area contributed by atoms with Crippen molar-refractivity contribution in [1.82, 2.24) is 14.4 Å². The van der Waals surface area contributed by atoms with Gasteiger partial charge in [0.15, 0.2) is 0 Å². The summed E-state index contributed by atoms with van der Waals surface area (Å²) in [6.45, 7) is 2.51. The highest BCUT2D eigenvalue weighted by Crippen LogP contribution is 2.24. The normalized spacial score (nSPS) is 13.8. The number of aryl methyl sites for hydroxylation is 1. The summed E-state index contributed by atoms with van der Waals surface area (Å²) in [4.78, 5) is 29.1. The van der Waals surface area contributed by atoms with Gasteiger partial charge in [0, 0.05) is 61.8 Å². The molecule has 0 atom stereocenters. The quantitative estimate of drug-likeness (QED) is 0.389. The molecule has 1 aromatic heterocycles. The number of carbonyl (C=O) groups is 2. The van der Waals surface area contributed by atoms with Crippen LogP contribution in [0.2, 0.25) is 0 Å². The zero-order valence-corrected chi connectivity index (χ0v) is 19.9. The molecular formula is C29H27F2N3O2. The molecule has 1 aliphatic rings. The Bertz CT molecular complexity index is 1370. The van der Waals surface area contributed by atoms with Crippen LogP contribution in [0.15, 0.2) is 79.0 Å². The Hall–Kier alpha value is -4.00. The van der Waals surface area contributed by atoms with E-state index in [9.17, 15) is 18.4 Å². The van der Waals surface area contributed by atoms with E-state index in [1.165, 1.54) is 36.4 Å². The standard InChI is InChI=1S/C29H27F2N3O2/c30-24-10-5-21(6-11-24)19-34-20-23(26-3-1-2-4-27(26)34)9-14-28(35)32-15-17-33(18-16-32)29(36)22-7-12-25(31)13-8-22/h1-8,10-13,20H,9,14-19H2. The molecule has 0 N–H and O–H groups in total. The van der Waals surface area contributed by atoms with E-state index in [-0.39, 0.29) is 23.4 Å². The summed E-state index contributed by atoms with van der Waals surface area (Å²) >= 11 is 0. The SMILES string of the molecule is O=C(CCc1cn(Cc2ccc(F)cc2)c2ccccc12)N1CCN(C(=O)c2ccc(F)cc2)CC1. The van der Waals surface area contributed by atoms with Gasteiger partial charge in [-0.25, -0.2) is 8.78 Å². The number of nitrogens with zero attached hydrogens (tertiary/aromatic N) is 3. The number of aromatic nitrogens is 1. The summed E-state index contributed by atoms with van der Waals surface area (Å²) in [5, 5.41) is 1.11. The van der Waals surface area contributed by atoms with Gasteiger partial charge in [0.25, 0.3) is 5.91 Å². The Kier molecular flexibility index (Phi) is 6.80. The monoisotopic (exact) mass is 487 g/mol. The maximum absolute atomic E-state index is 13.3. The molecule has 0 radical (unpaired) electrons. The molecule has 1 saturated heterocycles. The van der Waals surface area contributed by atoms with Gasteiger partial charge in [-0.05, 0) is 60.0 Å². The molecule has 5 rings (SSSR count). The first-order chi connectivity index (χ1) is 17.5.